The van der Waals surface area contributed by atoms with E-state index >= 15 is 8.78 Å². The molecule has 0 aromatic carbocycles. The second-order valence-electron chi connectivity index (χ2n) is 6.21. The summed E-state index contributed by atoms with van der Waals surface area (Å²) in [4.78, 5) is 0. The third kappa shape index (κ3) is 4.43. The summed E-state index contributed by atoms with van der Waals surface area (Å²) in [5, 5.41) is 35.3. The topological polar surface area (TPSA) is 95.2 Å². The molecule has 0 spiro atoms. The monoisotopic (exact) mass is 342 g/mol. The number of halogens is 2. The highest BCUT2D eigenvalue weighted by molar-refractivity contribution is 5.46. The Morgan fingerprint density at radius 2 is 1.40 bits per heavy atom. The molecule has 1 rings (SSSR count). The summed E-state index contributed by atoms with van der Waals surface area (Å²) in [7, 11) is 0. The summed E-state index contributed by atoms with van der Waals surface area (Å²) in [6, 6.07) is 7.79. The van der Waals surface area contributed by atoms with Crippen LogP contribution in [0.15, 0.2) is 22.5 Å². The highest BCUT2D eigenvalue weighted by atomic mass is 19.1. The van der Waals surface area contributed by atoms with E-state index in [0.29, 0.717) is 0 Å². The van der Waals surface area contributed by atoms with Crippen molar-refractivity contribution in [2.24, 2.45) is 5.41 Å². The molecule has 0 aromatic heterocycles. The van der Waals surface area contributed by atoms with Crippen molar-refractivity contribution in [3.05, 3.63) is 22.5 Å². The zero-order valence-electron chi connectivity index (χ0n) is 14.3. The zero-order chi connectivity index (χ0) is 18.9. The molecule has 25 heavy (non-hydrogen) atoms. The maximum Gasteiger partial charge on any atom is 0.131 e. The van der Waals surface area contributed by atoms with Crippen LogP contribution in [-0.2, 0) is 0 Å². The average Bonchev–Trinajstić information content (AvgIpc) is 2.61. The summed E-state index contributed by atoms with van der Waals surface area (Å²) in [6.45, 7) is 1.58. The number of hydrogen-bond acceptors (Lipinski definition) is 4. The fraction of sp³-hybridized carbons (Fsp3) is 0.579. The Kier molecular flexibility index (Phi) is 7.78. The molecule has 0 radical (unpaired) electrons. The van der Waals surface area contributed by atoms with Crippen molar-refractivity contribution in [2.45, 2.75) is 64.5 Å². The molecular formula is C19H20F2N4. The molecule has 6 heteroatoms. The van der Waals surface area contributed by atoms with E-state index in [1.54, 1.807) is 6.92 Å². The Morgan fingerprint density at radius 3 is 1.96 bits per heavy atom. The predicted molar refractivity (Wildman–Crippen MR) is 87.6 cm³/mol. The fourth-order valence-corrected chi connectivity index (χ4v) is 3.35. The van der Waals surface area contributed by atoms with Gasteiger partial charge < -0.3 is 0 Å². The van der Waals surface area contributed by atoms with Crippen LogP contribution in [0.1, 0.15) is 58.3 Å². The lowest BCUT2D eigenvalue weighted by Crippen LogP contribution is -2.37. The van der Waals surface area contributed by atoms with Crippen molar-refractivity contribution in [3.63, 3.8) is 0 Å². The quantitative estimate of drug-likeness (QED) is 0.614. The molecule has 4 nitrogen and oxygen atoms in total. The number of hydrogen-bond donors (Lipinski definition) is 0. The van der Waals surface area contributed by atoms with Crippen LogP contribution in [0, 0.1) is 50.7 Å². The SMILES string of the molecule is CC1(CCC#N)C(CCC#N)=C(F)C(CCC#N)=C(CCC#N)C1F. The highest BCUT2D eigenvalue weighted by Crippen LogP contribution is 2.51. The van der Waals surface area contributed by atoms with Crippen LogP contribution in [0.4, 0.5) is 8.78 Å². The molecule has 1 aliphatic rings. The second kappa shape index (κ2) is 9.56. The van der Waals surface area contributed by atoms with E-state index in [9.17, 15) is 0 Å². The lowest BCUT2D eigenvalue weighted by Gasteiger charge is -2.41. The lowest BCUT2D eigenvalue weighted by molar-refractivity contribution is 0.163. The van der Waals surface area contributed by atoms with Gasteiger partial charge in [-0.25, -0.2) is 8.78 Å². The number of rotatable bonds is 8. The minimum absolute atomic E-state index is 0.0476. The van der Waals surface area contributed by atoms with Crippen LogP contribution in [0.3, 0.4) is 0 Å². The van der Waals surface area contributed by atoms with Crippen molar-refractivity contribution in [1.82, 2.24) is 0 Å². The van der Waals surface area contributed by atoms with Gasteiger partial charge in [-0.2, -0.15) is 21.0 Å². The molecule has 0 amide bonds. The van der Waals surface area contributed by atoms with Gasteiger partial charge in [0.05, 0.1) is 24.3 Å². The van der Waals surface area contributed by atoms with E-state index in [1.165, 1.54) is 0 Å². The van der Waals surface area contributed by atoms with Crippen LogP contribution in [0.5, 0.6) is 0 Å². The fourth-order valence-electron chi connectivity index (χ4n) is 3.35. The van der Waals surface area contributed by atoms with Gasteiger partial charge in [0, 0.05) is 31.1 Å². The maximum absolute atomic E-state index is 15.4. The largest absolute Gasteiger partial charge is 0.242 e. The van der Waals surface area contributed by atoms with E-state index in [2.05, 4.69) is 0 Å². The maximum atomic E-state index is 15.4. The molecule has 2 atom stereocenters. The lowest BCUT2D eigenvalue weighted by atomic mass is 9.65. The third-order valence-corrected chi connectivity index (χ3v) is 4.71. The molecule has 1 aliphatic carbocycles. The van der Waals surface area contributed by atoms with E-state index in [-0.39, 0.29) is 68.1 Å². The average molecular weight is 342 g/mol. The van der Waals surface area contributed by atoms with Crippen molar-refractivity contribution in [1.29, 1.82) is 21.0 Å². The normalized spacial score (nSPS) is 22.8. The Balaban J connectivity index is 3.48. The van der Waals surface area contributed by atoms with Gasteiger partial charge in [0.1, 0.15) is 12.0 Å². The Hall–Kier alpha value is -2.70. The van der Waals surface area contributed by atoms with E-state index < -0.39 is 17.4 Å². The van der Waals surface area contributed by atoms with Crippen molar-refractivity contribution >= 4 is 0 Å². The van der Waals surface area contributed by atoms with Crippen LogP contribution >= 0.6 is 0 Å². The molecule has 0 heterocycles. The van der Waals surface area contributed by atoms with Crippen LogP contribution < -0.4 is 0 Å². The van der Waals surface area contributed by atoms with Gasteiger partial charge in [0.15, 0.2) is 0 Å². The first-order valence-electron chi connectivity index (χ1n) is 8.21. The Bertz CT molecular complexity index is 724. The summed E-state index contributed by atoms with van der Waals surface area (Å²) >= 11 is 0. The van der Waals surface area contributed by atoms with Gasteiger partial charge in [-0.3, -0.25) is 0 Å². The molecule has 0 aromatic rings. The highest BCUT2D eigenvalue weighted by Gasteiger charge is 2.45. The molecule has 0 fully saturated rings. The Morgan fingerprint density at radius 1 is 0.880 bits per heavy atom. The van der Waals surface area contributed by atoms with Gasteiger partial charge in [-0.1, -0.05) is 6.92 Å². The zero-order valence-corrected chi connectivity index (χ0v) is 14.3. The minimum Gasteiger partial charge on any atom is -0.242 e. The Labute approximate surface area is 147 Å². The summed E-state index contributed by atoms with van der Waals surface area (Å²) in [5.74, 6) is -0.562. The van der Waals surface area contributed by atoms with Gasteiger partial charge in [-0.15, -0.1) is 0 Å². The van der Waals surface area contributed by atoms with E-state index in [1.807, 2.05) is 24.3 Å². The standard InChI is InChI=1S/C19H20F2N4/c1-19(9-5-13-25)16(8-4-12-24)17(20)14(6-2-10-22)15(18(19)21)7-3-11-23/h18H,2-9H2,1H3. The molecule has 2 unspecified atom stereocenters. The van der Waals surface area contributed by atoms with Crippen LogP contribution in [0.2, 0.25) is 0 Å². The van der Waals surface area contributed by atoms with Crippen LogP contribution in [-0.4, -0.2) is 6.17 Å². The number of nitrogens with zero attached hydrogens (tertiary/aromatic N) is 4. The summed E-state index contributed by atoms with van der Waals surface area (Å²) in [5.41, 5.74) is -0.620. The first-order chi connectivity index (χ1) is 12.0. The first kappa shape index (κ1) is 20.3. The molecule has 130 valence electrons. The van der Waals surface area contributed by atoms with E-state index in [0.717, 1.165) is 0 Å². The minimum atomic E-state index is -1.53. The molecule has 0 bridgehead atoms. The molecule has 0 N–H and O–H groups in total. The van der Waals surface area contributed by atoms with E-state index in [4.69, 9.17) is 21.0 Å². The second-order valence-corrected chi connectivity index (χ2v) is 6.21. The third-order valence-electron chi connectivity index (χ3n) is 4.71. The molecule has 0 aliphatic heterocycles. The smallest absolute Gasteiger partial charge is 0.131 e. The van der Waals surface area contributed by atoms with Crippen molar-refractivity contribution in [3.8, 4) is 24.3 Å². The number of alkyl halides is 1. The number of allylic oxidation sites excluding steroid dienone is 4. The molecule has 0 saturated carbocycles. The first-order valence-corrected chi connectivity index (χ1v) is 8.21. The molecule has 0 saturated heterocycles. The summed E-state index contributed by atoms with van der Waals surface area (Å²) in [6.07, 6.45) is -0.903. The van der Waals surface area contributed by atoms with Gasteiger partial charge in [0.25, 0.3) is 0 Å². The van der Waals surface area contributed by atoms with Gasteiger partial charge in [0.2, 0.25) is 0 Å². The number of nitriles is 4. The van der Waals surface area contributed by atoms with Crippen molar-refractivity contribution < 1.29 is 8.78 Å². The van der Waals surface area contributed by atoms with Crippen molar-refractivity contribution in [2.75, 3.05) is 0 Å². The van der Waals surface area contributed by atoms with Gasteiger partial charge in [-0.05, 0) is 42.4 Å². The summed E-state index contributed by atoms with van der Waals surface area (Å²) < 4.78 is 30.6. The predicted octanol–water partition coefficient (Wildman–Crippen LogP) is 5.08. The van der Waals surface area contributed by atoms with Crippen LogP contribution in [0.25, 0.3) is 0 Å². The molecular weight excluding hydrogens is 322 g/mol. The van der Waals surface area contributed by atoms with Gasteiger partial charge >= 0.3 is 0 Å².